The zero-order valence-electron chi connectivity index (χ0n) is 11.6. The van der Waals surface area contributed by atoms with Gasteiger partial charge in [0.2, 0.25) is 0 Å². The molecule has 0 saturated heterocycles. The van der Waals surface area contributed by atoms with E-state index in [1.54, 1.807) is 13.1 Å². The van der Waals surface area contributed by atoms with Gasteiger partial charge in [0.15, 0.2) is 0 Å². The van der Waals surface area contributed by atoms with E-state index in [2.05, 4.69) is 16.4 Å². The molecule has 0 spiro atoms. The Morgan fingerprint density at radius 1 is 1.60 bits per heavy atom. The number of hydrogen-bond donors (Lipinski definition) is 2. The van der Waals surface area contributed by atoms with Crippen LogP contribution in [0, 0.1) is 12.3 Å². The molecule has 0 bridgehead atoms. The lowest BCUT2D eigenvalue weighted by molar-refractivity contribution is 0.322. The molecule has 2 rings (SSSR count). The van der Waals surface area contributed by atoms with Crippen LogP contribution >= 0.6 is 0 Å². The van der Waals surface area contributed by atoms with Gasteiger partial charge in [0, 0.05) is 18.7 Å². The molecule has 1 aromatic rings. The lowest BCUT2D eigenvalue weighted by Gasteiger charge is -2.17. The van der Waals surface area contributed by atoms with Crippen molar-refractivity contribution in [1.29, 1.82) is 0 Å². The fourth-order valence-electron chi connectivity index (χ4n) is 2.08. The number of aromatic nitrogens is 1. The summed E-state index contributed by atoms with van der Waals surface area (Å²) in [4.78, 5) is 12.0. The predicted molar refractivity (Wildman–Crippen MR) is 80.2 cm³/mol. The maximum Gasteiger partial charge on any atom is 0.252 e. The van der Waals surface area contributed by atoms with Crippen LogP contribution in [-0.4, -0.2) is 21.5 Å². The number of nitrogens with one attached hydrogen (secondary N) is 1. The molecule has 1 aliphatic carbocycles. The number of terminal acetylenes is 1. The van der Waals surface area contributed by atoms with Gasteiger partial charge in [0.1, 0.15) is 0 Å². The van der Waals surface area contributed by atoms with Gasteiger partial charge in [-0.1, -0.05) is 17.2 Å². The third kappa shape index (κ3) is 2.45. The molecule has 0 aromatic carbocycles. The number of pyridine rings is 1. The Morgan fingerprint density at radius 3 is 2.80 bits per heavy atom. The molecule has 1 fully saturated rings. The quantitative estimate of drug-likeness (QED) is 0.380. The number of oxime groups is 1. The van der Waals surface area contributed by atoms with Crippen molar-refractivity contribution in [3.05, 3.63) is 33.8 Å². The summed E-state index contributed by atoms with van der Waals surface area (Å²) < 4.78 is 1.50. The van der Waals surface area contributed by atoms with Crippen LogP contribution in [0.5, 0.6) is 0 Å². The van der Waals surface area contributed by atoms with E-state index >= 15 is 0 Å². The van der Waals surface area contributed by atoms with Crippen LogP contribution in [0.4, 0.5) is 5.69 Å². The fourth-order valence-corrected chi connectivity index (χ4v) is 2.08. The van der Waals surface area contributed by atoms with Gasteiger partial charge in [-0.15, -0.1) is 6.42 Å². The van der Waals surface area contributed by atoms with E-state index in [4.69, 9.17) is 11.6 Å². The molecule has 0 unspecified atom stereocenters. The van der Waals surface area contributed by atoms with E-state index in [9.17, 15) is 4.79 Å². The normalized spacial score (nSPS) is 16.4. The highest BCUT2D eigenvalue weighted by atomic mass is 16.4. The van der Waals surface area contributed by atoms with Crippen molar-refractivity contribution in [2.45, 2.75) is 25.3 Å². The van der Waals surface area contributed by atoms with Gasteiger partial charge in [-0.3, -0.25) is 4.79 Å². The Kier molecular flexibility index (Phi) is 3.66. The van der Waals surface area contributed by atoms with Gasteiger partial charge in [-0.2, -0.15) is 0 Å². The molecule has 0 radical (unpaired) electrons. The topological polar surface area (TPSA) is 66.6 Å². The highest BCUT2D eigenvalue weighted by Gasteiger charge is 2.41. The lowest BCUT2D eigenvalue weighted by Crippen LogP contribution is -2.25. The smallest absolute Gasteiger partial charge is 0.252 e. The molecule has 2 N–H and O–H groups in total. The summed E-state index contributed by atoms with van der Waals surface area (Å²) in [6.07, 6.45) is 12.2. The molecule has 1 saturated carbocycles. The van der Waals surface area contributed by atoms with Crippen molar-refractivity contribution in [3.63, 3.8) is 0 Å². The van der Waals surface area contributed by atoms with Crippen molar-refractivity contribution in [3.8, 4) is 12.3 Å². The van der Waals surface area contributed by atoms with Gasteiger partial charge >= 0.3 is 0 Å². The van der Waals surface area contributed by atoms with E-state index in [1.165, 1.54) is 16.8 Å². The molecule has 5 heteroatoms. The Morgan fingerprint density at radius 2 is 2.30 bits per heavy atom. The van der Waals surface area contributed by atoms with Crippen molar-refractivity contribution >= 4 is 18.0 Å². The van der Waals surface area contributed by atoms with Crippen molar-refractivity contribution < 1.29 is 5.21 Å². The van der Waals surface area contributed by atoms with Gasteiger partial charge in [-0.25, -0.2) is 0 Å². The molecule has 0 aliphatic heterocycles. The highest BCUT2D eigenvalue weighted by molar-refractivity contribution is 5.92. The zero-order chi connectivity index (χ0) is 14.8. The van der Waals surface area contributed by atoms with E-state index in [-0.39, 0.29) is 11.1 Å². The molecule has 1 aliphatic rings. The van der Waals surface area contributed by atoms with Gasteiger partial charge in [0.25, 0.3) is 5.56 Å². The number of hydrogen-bond acceptors (Lipinski definition) is 4. The second kappa shape index (κ2) is 5.25. The number of nitrogens with zero attached hydrogens (tertiary/aromatic N) is 2. The average Bonchev–Trinajstić information content (AvgIpc) is 3.20. The maximum atomic E-state index is 12.0. The van der Waals surface area contributed by atoms with Crippen LogP contribution in [0.3, 0.4) is 0 Å². The molecule has 20 heavy (non-hydrogen) atoms. The molecule has 1 heterocycles. The maximum absolute atomic E-state index is 12.0. The lowest BCUT2D eigenvalue weighted by atomic mass is 10.1. The average molecular weight is 271 g/mol. The number of rotatable bonds is 4. The van der Waals surface area contributed by atoms with Crippen LogP contribution in [0.1, 0.15) is 31.0 Å². The fraction of sp³-hybridized carbons (Fsp3) is 0.333. The van der Waals surface area contributed by atoms with E-state index in [0.29, 0.717) is 16.9 Å². The van der Waals surface area contributed by atoms with E-state index < -0.39 is 0 Å². The predicted octanol–water partition coefficient (Wildman–Crippen LogP) is 1.80. The summed E-state index contributed by atoms with van der Waals surface area (Å²) in [6, 6.07) is 1.47. The van der Waals surface area contributed by atoms with Crippen LogP contribution in [0.25, 0.3) is 6.08 Å². The second-order valence-corrected chi connectivity index (χ2v) is 4.85. The standard InChI is InChI=1S/C15H17N3O2/c1-4-6-13-11(10-16-20)12(9-14(19)18(13)3)17-15(5-2)7-8-15/h2,4,6,9-10,17,20H,7-8H2,1,3H3/b6-4-,16-10-. The monoisotopic (exact) mass is 271 g/mol. The Balaban J connectivity index is 2.61. The zero-order valence-corrected chi connectivity index (χ0v) is 11.6. The first kappa shape index (κ1) is 13.9. The largest absolute Gasteiger partial charge is 0.411 e. The summed E-state index contributed by atoms with van der Waals surface area (Å²) in [5, 5.41) is 15.2. The first-order valence-electron chi connectivity index (χ1n) is 6.37. The Labute approximate surface area is 117 Å². The number of allylic oxidation sites excluding steroid dienone is 1. The van der Waals surface area contributed by atoms with Crippen LogP contribution < -0.4 is 10.9 Å². The second-order valence-electron chi connectivity index (χ2n) is 4.85. The molecule has 104 valence electrons. The van der Waals surface area contributed by atoms with Gasteiger partial charge in [0.05, 0.1) is 23.1 Å². The van der Waals surface area contributed by atoms with Crippen molar-refractivity contribution in [2.75, 3.05) is 5.32 Å². The Bertz CT molecular complexity index is 674. The van der Waals surface area contributed by atoms with Crippen molar-refractivity contribution in [2.24, 2.45) is 12.2 Å². The SMILES string of the molecule is C#CC1(Nc2cc(=O)n(C)c(/C=C\C)c2/C=N\O)CC1. The molecule has 1 aromatic heterocycles. The molecule has 0 amide bonds. The van der Waals surface area contributed by atoms with Crippen molar-refractivity contribution in [1.82, 2.24) is 4.57 Å². The molecule has 0 atom stereocenters. The van der Waals surface area contributed by atoms with E-state index in [0.717, 1.165) is 12.8 Å². The third-order valence-corrected chi connectivity index (χ3v) is 3.44. The summed E-state index contributed by atoms with van der Waals surface area (Å²) in [7, 11) is 1.67. The highest BCUT2D eigenvalue weighted by Crippen LogP contribution is 2.38. The molecule has 5 nitrogen and oxygen atoms in total. The minimum atomic E-state index is -0.377. The van der Waals surface area contributed by atoms with Gasteiger partial charge < -0.3 is 15.1 Å². The van der Waals surface area contributed by atoms with Crippen LogP contribution in [0.15, 0.2) is 22.1 Å². The first-order valence-corrected chi connectivity index (χ1v) is 6.37. The van der Waals surface area contributed by atoms with E-state index in [1.807, 2.05) is 13.0 Å². The number of anilines is 1. The first-order chi connectivity index (χ1) is 9.56. The third-order valence-electron chi connectivity index (χ3n) is 3.44. The molecular formula is C15H17N3O2. The minimum absolute atomic E-state index is 0.150. The summed E-state index contributed by atoms with van der Waals surface area (Å²) in [5.41, 5.74) is 1.36. The van der Waals surface area contributed by atoms with Crippen LogP contribution in [0.2, 0.25) is 0 Å². The summed E-state index contributed by atoms with van der Waals surface area (Å²) >= 11 is 0. The minimum Gasteiger partial charge on any atom is -0.411 e. The summed E-state index contributed by atoms with van der Waals surface area (Å²) in [5.74, 6) is 2.71. The van der Waals surface area contributed by atoms with Crippen LogP contribution in [-0.2, 0) is 7.05 Å². The Hall–Kier alpha value is -2.48. The summed E-state index contributed by atoms with van der Waals surface area (Å²) in [6.45, 7) is 1.86. The van der Waals surface area contributed by atoms with Gasteiger partial charge in [-0.05, 0) is 25.8 Å². The molecular weight excluding hydrogens is 254 g/mol.